The summed E-state index contributed by atoms with van der Waals surface area (Å²) < 4.78 is 5.85. The molecule has 0 aromatic rings. The van der Waals surface area contributed by atoms with Crippen LogP contribution < -0.4 is 0 Å². The van der Waals surface area contributed by atoms with E-state index in [1.165, 1.54) is 6.42 Å². The highest BCUT2D eigenvalue weighted by Gasteiger charge is 2.28. The maximum atomic E-state index is 11.0. The van der Waals surface area contributed by atoms with Gasteiger partial charge in [-0.25, -0.2) is 0 Å². The van der Waals surface area contributed by atoms with Crippen molar-refractivity contribution in [3.63, 3.8) is 0 Å². The van der Waals surface area contributed by atoms with Gasteiger partial charge in [0.15, 0.2) is 0 Å². The minimum absolute atomic E-state index is 0.332. The fourth-order valence-corrected chi connectivity index (χ4v) is 2.60. The molecular formula is C14H26O3. The number of carbonyl (C=O) groups is 1. The zero-order valence-electron chi connectivity index (χ0n) is 11.5. The van der Waals surface area contributed by atoms with Crippen LogP contribution in [0.3, 0.4) is 0 Å². The zero-order chi connectivity index (χ0) is 13.1. The van der Waals surface area contributed by atoms with E-state index in [4.69, 9.17) is 9.84 Å². The van der Waals surface area contributed by atoms with E-state index >= 15 is 0 Å². The van der Waals surface area contributed by atoms with Gasteiger partial charge in [-0.1, -0.05) is 13.8 Å². The van der Waals surface area contributed by atoms with E-state index in [1.54, 1.807) is 13.8 Å². The molecule has 1 fully saturated rings. The third-order valence-corrected chi connectivity index (χ3v) is 3.79. The Morgan fingerprint density at radius 1 is 1.24 bits per heavy atom. The van der Waals surface area contributed by atoms with Crippen molar-refractivity contribution in [3.8, 4) is 0 Å². The lowest BCUT2D eigenvalue weighted by molar-refractivity contribution is -0.148. The fraction of sp³-hybridized carbons (Fsp3) is 0.929. The van der Waals surface area contributed by atoms with Crippen LogP contribution >= 0.6 is 0 Å². The highest BCUT2D eigenvalue weighted by atomic mass is 16.5. The molecule has 3 heteroatoms. The average Bonchev–Trinajstić information content (AvgIpc) is 2.15. The van der Waals surface area contributed by atoms with Crippen molar-refractivity contribution in [1.29, 1.82) is 0 Å². The molecule has 2 unspecified atom stereocenters. The SMILES string of the molecule is CC1CC(C)CC(OCCC(C)(C)C(=O)O)C1. The first-order chi connectivity index (χ1) is 7.81. The lowest BCUT2D eigenvalue weighted by Gasteiger charge is -2.32. The second-order valence-electron chi connectivity index (χ2n) is 6.35. The molecule has 1 N–H and O–H groups in total. The predicted molar refractivity (Wildman–Crippen MR) is 68.0 cm³/mol. The molecule has 0 saturated heterocycles. The first-order valence-electron chi connectivity index (χ1n) is 6.66. The van der Waals surface area contributed by atoms with Crippen LogP contribution in [0.1, 0.15) is 53.4 Å². The Balaban J connectivity index is 2.29. The highest BCUT2D eigenvalue weighted by molar-refractivity contribution is 5.73. The van der Waals surface area contributed by atoms with Crippen LogP contribution in [0.4, 0.5) is 0 Å². The van der Waals surface area contributed by atoms with Crippen molar-refractivity contribution < 1.29 is 14.6 Å². The van der Waals surface area contributed by atoms with Crippen LogP contribution in [0.15, 0.2) is 0 Å². The fourth-order valence-electron chi connectivity index (χ4n) is 2.60. The van der Waals surface area contributed by atoms with Gasteiger partial charge in [-0.15, -0.1) is 0 Å². The molecule has 2 atom stereocenters. The second kappa shape index (κ2) is 5.85. The zero-order valence-corrected chi connectivity index (χ0v) is 11.5. The van der Waals surface area contributed by atoms with Crippen LogP contribution in [0.5, 0.6) is 0 Å². The van der Waals surface area contributed by atoms with E-state index < -0.39 is 11.4 Å². The number of carboxylic acid groups (broad SMARTS) is 1. The normalized spacial score (nSPS) is 30.2. The molecule has 0 bridgehead atoms. The summed E-state index contributed by atoms with van der Waals surface area (Å²) in [6.45, 7) is 8.61. The summed E-state index contributed by atoms with van der Waals surface area (Å²) in [6, 6.07) is 0. The summed E-state index contributed by atoms with van der Waals surface area (Å²) in [4.78, 5) is 11.0. The third kappa shape index (κ3) is 4.66. The van der Waals surface area contributed by atoms with Crippen molar-refractivity contribution in [2.45, 2.75) is 59.5 Å². The Bertz CT molecular complexity index is 250. The van der Waals surface area contributed by atoms with Crippen molar-refractivity contribution in [2.75, 3.05) is 6.61 Å². The van der Waals surface area contributed by atoms with Crippen molar-refractivity contribution in [2.24, 2.45) is 17.3 Å². The number of hydrogen-bond acceptors (Lipinski definition) is 2. The maximum Gasteiger partial charge on any atom is 0.309 e. The van der Waals surface area contributed by atoms with E-state index in [9.17, 15) is 4.79 Å². The molecule has 1 aliphatic rings. The number of aliphatic carboxylic acids is 1. The topological polar surface area (TPSA) is 46.5 Å². The largest absolute Gasteiger partial charge is 0.481 e. The predicted octanol–water partition coefficient (Wildman–Crippen LogP) is 3.33. The van der Waals surface area contributed by atoms with Crippen molar-refractivity contribution >= 4 is 5.97 Å². The molecule has 1 rings (SSSR count). The molecule has 0 aliphatic heterocycles. The van der Waals surface area contributed by atoms with Gasteiger partial charge >= 0.3 is 5.97 Å². The van der Waals surface area contributed by atoms with E-state index in [0.29, 0.717) is 19.1 Å². The molecular weight excluding hydrogens is 216 g/mol. The Morgan fingerprint density at radius 3 is 2.24 bits per heavy atom. The number of ether oxygens (including phenoxy) is 1. The monoisotopic (exact) mass is 242 g/mol. The van der Waals surface area contributed by atoms with Crippen LogP contribution in [0.25, 0.3) is 0 Å². The summed E-state index contributed by atoms with van der Waals surface area (Å²) in [5.74, 6) is 0.721. The molecule has 0 heterocycles. The third-order valence-electron chi connectivity index (χ3n) is 3.79. The molecule has 17 heavy (non-hydrogen) atoms. The van der Waals surface area contributed by atoms with E-state index in [0.717, 1.165) is 24.7 Å². The molecule has 100 valence electrons. The molecule has 0 aromatic heterocycles. The molecule has 0 spiro atoms. The summed E-state index contributed by atoms with van der Waals surface area (Å²) in [5.41, 5.74) is -0.675. The summed E-state index contributed by atoms with van der Waals surface area (Å²) in [7, 11) is 0. The molecule has 3 nitrogen and oxygen atoms in total. The van der Waals surface area contributed by atoms with E-state index in [2.05, 4.69) is 13.8 Å². The average molecular weight is 242 g/mol. The molecule has 0 radical (unpaired) electrons. The number of hydrogen-bond donors (Lipinski definition) is 1. The van der Waals surface area contributed by atoms with Gasteiger partial charge in [0, 0.05) is 6.61 Å². The molecule has 1 aliphatic carbocycles. The Morgan fingerprint density at radius 2 is 1.76 bits per heavy atom. The standard InChI is InChI=1S/C14H26O3/c1-10-7-11(2)9-12(8-10)17-6-5-14(3,4)13(15)16/h10-12H,5-9H2,1-4H3,(H,15,16). The Kier molecular flexibility index (Phi) is 4.99. The van der Waals surface area contributed by atoms with Gasteiger partial charge in [0.05, 0.1) is 11.5 Å². The summed E-state index contributed by atoms with van der Waals surface area (Å²) in [6.07, 6.45) is 4.45. The lowest BCUT2D eigenvalue weighted by Crippen LogP contribution is -2.29. The first-order valence-corrected chi connectivity index (χ1v) is 6.66. The number of rotatable bonds is 5. The quantitative estimate of drug-likeness (QED) is 0.804. The first kappa shape index (κ1) is 14.5. The minimum Gasteiger partial charge on any atom is -0.481 e. The molecule has 0 amide bonds. The van der Waals surface area contributed by atoms with E-state index in [-0.39, 0.29) is 0 Å². The number of carboxylic acids is 1. The summed E-state index contributed by atoms with van der Waals surface area (Å²) in [5, 5.41) is 9.01. The van der Waals surface area contributed by atoms with Crippen molar-refractivity contribution in [1.82, 2.24) is 0 Å². The maximum absolute atomic E-state index is 11.0. The molecule has 0 aromatic carbocycles. The van der Waals surface area contributed by atoms with Crippen molar-refractivity contribution in [3.05, 3.63) is 0 Å². The van der Waals surface area contributed by atoms with Crippen LogP contribution in [-0.2, 0) is 9.53 Å². The smallest absolute Gasteiger partial charge is 0.309 e. The second-order valence-corrected chi connectivity index (χ2v) is 6.35. The van der Waals surface area contributed by atoms with Gasteiger partial charge in [-0.2, -0.15) is 0 Å². The molecule has 1 saturated carbocycles. The Hall–Kier alpha value is -0.570. The van der Waals surface area contributed by atoms with Gasteiger partial charge < -0.3 is 9.84 Å². The van der Waals surface area contributed by atoms with Crippen LogP contribution in [0, 0.1) is 17.3 Å². The van der Waals surface area contributed by atoms with E-state index in [1.807, 2.05) is 0 Å². The van der Waals surface area contributed by atoms with Crippen LogP contribution in [0.2, 0.25) is 0 Å². The lowest BCUT2D eigenvalue weighted by atomic mass is 9.81. The van der Waals surface area contributed by atoms with Gasteiger partial charge in [-0.3, -0.25) is 4.79 Å². The van der Waals surface area contributed by atoms with Gasteiger partial charge in [-0.05, 0) is 51.4 Å². The summed E-state index contributed by atoms with van der Waals surface area (Å²) >= 11 is 0. The van der Waals surface area contributed by atoms with Gasteiger partial charge in [0.2, 0.25) is 0 Å². The Labute approximate surface area is 105 Å². The van der Waals surface area contributed by atoms with Gasteiger partial charge in [0.1, 0.15) is 0 Å². The highest BCUT2D eigenvalue weighted by Crippen LogP contribution is 2.31. The van der Waals surface area contributed by atoms with Gasteiger partial charge in [0.25, 0.3) is 0 Å². The van der Waals surface area contributed by atoms with Crippen LogP contribution in [-0.4, -0.2) is 23.8 Å². The minimum atomic E-state index is -0.744.